The largest absolute Gasteiger partial charge is 0.473 e. The summed E-state index contributed by atoms with van der Waals surface area (Å²) in [6.07, 6.45) is 0.110. The van der Waals surface area contributed by atoms with Gasteiger partial charge in [-0.15, -0.1) is 0 Å². The molecule has 18 heteroatoms. The van der Waals surface area contributed by atoms with Crippen LogP contribution in [0.3, 0.4) is 0 Å². The summed E-state index contributed by atoms with van der Waals surface area (Å²) < 4.78 is 222. The highest BCUT2D eigenvalue weighted by Crippen LogP contribution is 2.63. The minimum absolute atomic E-state index is 0.0657. The fraction of sp³-hybridized carbons (Fsp3) is 0.741. The molecule has 1 aromatic rings. The van der Waals surface area contributed by atoms with E-state index in [1.165, 1.54) is 12.1 Å². The van der Waals surface area contributed by atoms with Gasteiger partial charge in [-0.05, 0) is 55.2 Å². The highest BCUT2D eigenvalue weighted by molar-refractivity contribution is 5.89. The molecule has 0 saturated heterocycles. The van der Waals surface area contributed by atoms with Gasteiger partial charge in [0.1, 0.15) is 0 Å². The van der Waals surface area contributed by atoms with Gasteiger partial charge in [0.05, 0.1) is 5.56 Å². The lowest BCUT2D eigenvalue weighted by atomic mass is 9.77. The number of benzene rings is 1. The lowest BCUT2D eigenvalue weighted by molar-refractivity contribution is -0.467. The van der Waals surface area contributed by atoms with Crippen LogP contribution >= 0.6 is 0 Å². The third kappa shape index (κ3) is 6.70. The quantitative estimate of drug-likeness (QED) is 0.111. The molecule has 1 aliphatic rings. The topological polar surface area (TPSA) is 26.3 Å². The van der Waals surface area contributed by atoms with Gasteiger partial charge in [0.25, 0.3) is 0 Å². The standard InChI is InChI=1S/C27H28F16O2/c1-3-4-5-6-15-7-9-16(10-8-15)17-11-13-18(14-12-17)19(44)45-27(42,43)26(40,41)25(38,39)24(36,37)23(34,35)22(32,33)21(30,31)20(2,28)29/h11-16H,3-10H2,1-2H3. The van der Waals surface area contributed by atoms with Crippen molar-refractivity contribution in [1.29, 1.82) is 0 Å². The lowest BCUT2D eigenvalue weighted by Gasteiger charge is -2.42. The average Bonchev–Trinajstić information content (AvgIpc) is 2.92. The average molecular weight is 688 g/mol. The Balaban J connectivity index is 2.26. The van der Waals surface area contributed by atoms with Crippen molar-refractivity contribution in [1.82, 2.24) is 0 Å². The van der Waals surface area contributed by atoms with E-state index in [2.05, 4.69) is 11.7 Å². The predicted octanol–water partition coefficient (Wildman–Crippen LogP) is 10.8. The van der Waals surface area contributed by atoms with Gasteiger partial charge >= 0.3 is 53.5 Å². The Hall–Kier alpha value is -2.43. The predicted molar refractivity (Wildman–Crippen MR) is 126 cm³/mol. The number of alkyl halides is 16. The van der Waals surface area contributed by atoms with Crippen LogP contribution < -0.4 is 0 Å². The van der Waals surface area contributed by atoms with Gasteiger partial charge in [-0.1, -0.05) is 44.7 Å². The number of rotatable bonds is 14. The van der Waals surface area contributed by atoms with Crippen LogP contribution in [-0.2, 0) is 4.74 Å². The van der Waals surface area contributed by atoms with Crippen LogP contribution in [0.2, 0.25) is 0 Å². The number of hydrogen-bond donors (Lipinski definition) is 0. The smallest absolute Gasteiger partial charge is 0.392 e. The summed E-state index contributed by atoms with van der Waals surface area (Å²) in [5, 5.41) is 0. The second-order valence-electron chi connectivity index (χ2n) is 11.1. The molecule has 1 saturated carbocycles. The van der Waals surface area contributed by atoms with Crippen molar-refractivity contribution in [2.45, 2.75) is 119 Å². The molecule has 0 spiro atoms. The second kappa shape index (κ2) is 12.6. The van der Waals surface area contributed by atoms with E-state index < -0.39 is 66.0 Å². The van der Waals surface area contributed by atoms with Crippen molar-refractivity contribution in [2.24, 2.45) is 5.92 Å². The zero-order valence-electron chi connectivity index (χ0n) is 23.5. The van der Waals surface area contributed by atoms with Crippen LogP contribution in [0.4, 0.5) is 70.2 Å². The minimum Gasteiger partial charge on any atom is -0.392 e. The van der Waals surface area contributed by atoms with Gasteiger partial charge in [0.15, 0.2) is 0 Å². The van der Waals surface area contributed by atoms with E-state index in [0.717, 1.165) is 38.5 Å². The van der Waals surface area contributed by atoms with Crippen molar-refractivity contribution in [3.63, 3.8) is 0 Å². The van der Waals surface area contributed by atoms with Crippen molar-refractivity contribution in [3.05, 3.63) is 35.4 Å². The molecule has 1 aliphatic carbocycles. The Kier molecular flexibility index (Phi) is 10.9. The first-order chi connectivity index (χ1) is 20.1. The molecule has 1 fully saturated rings. The second-order valence-corrected chi connectivity index (χ2v) is 11.1. The zero-order valence-corrected chi connectivity index (χ0v) is 23.5. The Labute approximate surface area is 246 Å². The highest BCUT2D eigenvalue weighted by atomic mass is 19.4. The third-order valence-electron chi connectivity index (χ3n) is 7.79. The zero-order chi connectivity index (χ0) is 35.1. The summed E-state index contributed by atoms with van der Waals surface area (Å²) in [7, 11) is 0. The molecule has 0 aliphatic heterocycles. The maximum absolute atomic E-state index is 14.1. The van der Waals surface area contributed by atoms with Gasteiger partial charge in [-0.3, -0.25) is 0 Å². The van der Waals surface area contributed by atoms with E-state index in [9.17, 15) is 75.0 Å². The molecular weight excluding hydrogens is 660 g/mol. The van der Waals surface area contributed by atoms with Crippen molar-refractivity contribution in [3.8, 4) is 0 Å². The van der Waals surface area contributed by atoms with Crippen LogP contribution in [0, 0.1) is 5.92 Å². The molecule has 0 unspecified atom stereocenters. The maximum atomic E-state index is 14.1. The van der Waals surface area contributed by atoms with Crippen LogP contribution in [0.25, 0.3) is 0 Å². The lowest BCUT2D eigenvalue weighted by Crippen LogP contribution is -2.74. The number of ether oxygens (including phenoxy) is 1. The molecule has 2 rings (SSSR count). The van der Waals surface area contributed by atoms with Crippen molar-refractivity contribution < 1.29 is 79.8 Å². The van der Waals surface area contributed by atoms with Crippen LogP contribution in [-0.4, -0.2) is 53.5 Å². The van der Waals surface area contributed by atoms with E-state index in [4.69, 9.17) is 0 Å². The van der Waals surface area contributed by atoms with Crippen LogP contribution in [0.15, 0.2) is 24.3 Å². The molecule has 2 nitrogen and oxygen atoms in total. The first kappa shape index (κ1) is 38.8. The SMILES string of the molecule is CCCCCC1CCC(c2ccc(C(=O)OC(F)(F)C(F)(F)C(F)(F)C(F)(F)C(F)(F)C(F)(F)C(F)(F)C(C)(F)F)cc2)CC1. The summed E-state index contributed by atoms with van der Waals surface area (Å²) in [5.74, 6) is -57.8. The molecule has 0 bridgehead atoms. The highest BCUT2D eigenvalue weighted by Gasteiger charge is 2.95. The molecule has 45 heavy (non-hydrogen) atoms. The first-order valence-electron chi connectivity index (χ1n) is 13.5. The molecule has 0 N–H and O–H groups in total. The monoisotopic (exact) mass is 688 g/mol. The van der Waals surface area contributed by atoms with Gasteiger partial charge in [-0.2, -0.15) is 70.2 Å². The number of hydrogen-bond acceptors (Lipinski definition) is 2. The van der Waals surface area contributed by atoms with Crippen LogP contribution in [0.5, 0.6) is 0 Å². The molecule has 0 aromatic heterocycles. The van der Waals surface area contributed by atoms with Crippen molar-refractivity contribution >= 4 is 5.97 Å². The number of halogens is 16. The fourth-order valence-corrected chi connectivity index (χ4v) is 4.85. The minimum atomic E-state index is -8.58. The van der Waals surface area contributed by atoms with Crippen molar-refractivity contribution in [2.75, 3.05) is 0 Å². The number of carbonyl (C=O) groups excluding carboxylic acids is 1. The van der Waals surface area contributed by atoms with Gasteiger partial charge in [0, 0.05) is 6.92 Å². The summed E-state index contributed by atoms with van der Waals surface area (Å²) >= 11 is 0. The number of esters is 1. The number of carbonyl (C=O) groups is 1. The van der Waals surface area contributed by atoms with E-state index in [1.807, 2.05) is 0 Å². The first-order valence-corrected chi connectivity index (χ1v) is 13.5. The molecule has 1 aromatic carbocycles. The molecule has 0 atom stereocenters. The van der Waals surface area contributed by atoms with E-state index in [-0.39, 0.29) is 5.92 Å². The normalized spacial score (nSPS) is 19.9. The molecule has 260 valence electrons. The summed E-state index contributed by atoms with van der Waals surface area (Å²) in [6.45, 7) is 0.832. The Bertz CT molecular complexity index is 1150. The fourth-order valence-electron chi connectivity index (χ4n) is 4.85. The molecule has 0 amide bonds. The van der Waals surface area contributed by atoms with Gasteiger partial charge < -0.3 is 4.74 Å². The Morgan fingerprint density at radius 3 is 1.49 bits per heavy atom. The summed E-state index contributed by atoms with van der Waals surface area (Å²) in [6, 6.07) is 3.77. The van der Waals surface area contributed by atoms with E-state index >= 15 is 0 Å². The molecule has 0 radical (unpaired) electrons. The third-order valence-corrected chi connectivity index (χ3v) is 7.79. The Morgan fingerprint density at radius 2 is 1.07 bits per heavy atom. The molecular formula is C27H28F16O2. The maximum Gasteiger partial charge on any atom is 0.473 e. The summed E-state index contributed by atoms with van der Waals surface area (Å²) in [4.78, 5) is 12.0. The molecule has 0 heterocycles. The summed E-state index contributed by atoms with van der Waals surface area (Å²) in [5.41, 5.74) is -0.487. The van der Waals surface area contributed by atoms with Gasteiger partial charge in [0.2, 0.25) is 0 Å². The van der Waals surface area contributed by atoms with E-state index in [0.29, 0.717) is 36.5 Å². The van der Waals surface area contributed by atoms with Crippen LogP contribution in [0.1, 0.15) is 87.1 Å². The number of unbranched alkanes of at least 4 members (excludes halogenated alkanes) is 2. The Morgan fingerprint density at radius 1 is 0.644 bits per heavy atom. The van der Waals surface area contributed by atoms with E-state index in [1.54, 1.807) is 0 Å². The van der Waals surface area contributed by atoms with Gasteiger partial charge in [-0.25, -0.2) is 4.79 Å².